The van der Waals surface area contributed by atoms with E-state index in [0.29, 0.717) is 11.6 Å². The normalized spacial score (nSPS) is 15.6. The first kappa shape index (κ1) is 16.5. The molecular formula is C17H18F3N3O. The molecule has 0 unspecified atom stereocenters. The van der Waals surface area contributed by atoms with E-state index in [1.165, 1.54) is 18.9 Å². The van der Waals surface area contributed by atoms with Crippen LogP contribution in [0.4, 0.5) is 13.2 Å². The van der Waals surface area contributed by atoms with Crippen molar-refractivity contribution in [1.82, 2.24) is 15.1 Å². The first-order valence-electron chi connectivity index (χ1n) is 7.93. The summed E-state index contributed by atoms with van der Waals surface area (Å²) in [6.45, 7) is 0.0268. The second-order valence-corrected chi connectivity index (χ2v) is 6.00. The molecule has 2 aromatic rings. The van der Waals surface area contributed by atoms with Gasteiger partial charge in [0.25, 0.3) is 5.91 Å². The van der Waals surface area contributed by atoms with Crippen molar-refractivity contribution in [3.05, 3.63) is 53.3 Å². The number of hydrogen-bond acceptors (Lipinski definition) is 2. The van der Waals surface area contributed by atoms with Gasteiger partial charge in [-0.05, 0) is 36.6 Å². The molecule has 3 rings (SSSR count). The number of halogens is 3. The van der Waals surface area contributed by atoms with Gasteiger partial charge in [-0.15, -0.1) is 0 Å². The minimum Gasteiger partial charge on any atom is -0.347 e. The van der Waals surface area contributed by atoms with Crippen LogP contribution in [0, 0.1) is 0 Å². The highest BCUT2D eigenvalue weighted by Crippen LogP contribution is 2.30. The molecule has 24 heavy (non-hydrogen) atoms. The quantitative estimate of drug-likeness (QED) is 0.918. The van der Waals surface area contributed by atoms with Crippen LogP contribution in [-0.4, -0.2) is 15.7 Å². The van der Waals surface area contributed by atoms with Gasteiger partial charge in [-0.25, -0.2) is 0 Å². The maximum absolute atomic E-state index is 12.7. The molecule has 1 amide bonds. The molecule has 1 fully saturated rings. The summed E-state index contributed by atoms with van der Waals surface area (Å²) in [5, 5.41) is 6.90. The molecule has 0 radical (unpaired) electrons. The van der Waals surface area contributed by atoms with E-state index in [0.717, 1.165) is 25.0 Å². The van der Waals surface area contributed by atoms with Crippen molar-refractivity contribution in [2.24, 2.45) is 0 Å². The molecule has 0 bridgehead atoms. The minimum atomic E-state index is -4.39. The van der Waals surface area contributed by atoms with E-state index in [9.17, 15) is 18.0 Å². The number of hydrogen-bond donors (Lipinski definition) is 1. The molecule has 0 saturated heterocycles. The predicted octanol–water partition coefficient (Wildman–Crippen LogP) is 3.95. The smallest absolute Gasteiger partial charge is 0.347 e. The Morgan fingerprint density at radius 2 is 2.00 bits per heavy atom. The van der Waals surface area contributed by atoms with Gasteiger partial charge in [-0.2, -0.15) is 18.3 Å². The molecule has 7 heteroatoms. The van der Waals surface area contributed by atoms with E-state index in [4.69, 9.17) is 0 Å². The molecule has 1 N–H and O–H groups in total. The lowest BCUT2D eigenvalue weighted by Gasteiger charge is -2.10. The van der Waals surface area contributed by atoms with Crippen LogP contribution in [0.1, 0.15) is 53.3 Å². The van der Waals surface area contributed by atoms with E-state index >= 15 is 0 Å². The average molecular weight is 337 g/mol. The van der Waals surface area contributed by atoms with Crippen LogP contribution in [0.25, 0.3) is 0 Å². The predicted molar refractivity (Wildman–Crippen MR) is 82.3 cm³/mol. The highest BCUT2D eigenvalue weighted by Gasteiger charge is 2.30. The molecule has 1 aliphatic rings. The maximum atomic E-state index is 12.7. The van der Waals surface area contributed by atoms with Crippen LogP contribution in [-0.2, 0) is 12.7 Å². The van der Waals surface area contributed by atoms with Crippen molar-refractivity contribution >= 4 is 5.91 Å². The number of carbonyl (C=O) groups excluding carboxylic acids is 1. The first-order chi connectivity index (χ1) is 11.4. The van der Waals surface area contributed by atoms with E-state index in [1.54, 1.807) is 18.3 Å². The Balaban J connectivity index is 1.61. The van der Waals surface area contributed by atoms with E-state index in [2.05, 4.69) is 10.4 Å². The van der Waals surface area contributed by atoms with Gasteiger partial charge in [0.15, 0.2) is 0 Å². The van der Waals surface area contributed by atoms with E-state index in [-0.39, 0.29) is 18.1 Å². The molecule has 1 saturated carbocycles. The Morgan fingerprint density at radius 3 is 2.71 bits per heavy atom. The van der Waals surface area contributed by atoms with Gasteiger partial charge in [0.05, 0.1) is 11.6 Å². The fraction of sp³-hybridized carbons (Fsp3) is 0.412. The number of nitrogens with zero attached hydrogens (tertiary/aromatic N) is 2. The Labute approximate surface area is 137 Å². The third-order valence-corrected chi connectivity index (χ3v) is 4.25. The lowest BCUT2D eigenvalue weighted by Crippen LogP contribution is -2.24. The molecule has 0 atom stereocenters. The highest BCUT2D eigenvalue weighted by molar-refractivity contribution is 5.92. The fourth-order valence-corrected chi connectivity index (χ4v) is 2.96. The third-order valence-electron chi connectivity index (χ3n) is 4.25. The highest BCUT2D eigenvalue weighted by atomic mass is 19.4. The summed E-state index contributed by atoms with van der Waals surface area (Å²) in [6.07, 6.45) is 1.86. The molecule has 0 spiro atoms. The van der Waals surface area contributed by atoms with Crippen molar-refractivity contribution < 1.29 is 18.0 Å². The molecule has 1 aromatic heterocycles. The molecule has 1 heterocycles. The topological polar surface area (TPSA) is 46.9 Å². The summed E-state index contributed by atoms with van der Waals surface area (Å²) >= 11 is 0. The van der Waals surface area contributed by atoms with Gasteiger partial charge in [0.2, 0.25) is 0 Å². The van der Waals surface area contributed by atoms with E-state index < -0.39 is 11.7 Å². The lowest BCUT2D eigenvalue weighted by molar-refractivity contribution is -0.137. The number of rotatable bonds is 4. The van der Waals surface area contributed by atoms with Gasteiger partial charge in [-0.3, -0.25) is 9.48 Å². The first-order valence-corrected chi connectivity index (χ1v) is 7.93. The van der Waals surface area contributed by atoms with Gasteiger partial charge in [-0.1, -0.05) is 25.0 Å². The van der Waals surface area contributed by atoms with Crippen LogP contribution >= 0.6 is 0 Å². The van der Waals surface area contributed by atoms with Crippen LogP contribution in [0.3, 0.4) is 0 Å². The van der Waals surface area contributed by atoms with Crippen molar-refractivity contribution in [3.63, 3.8) is 0 Å². The monoisotopic (exact) mass is 337 g/mol. The lowest BCUT2D eigenvalue weighted by atomic mass is 10.1. The standard InChI is InChI=1S/C17H18F3N3O/c18-17(19,20)13-5-3-4-12(10-13)11-21-16(24)15-8-9-23(22-15)14-6-1-2-7-14/h3-5,8-10,14H,1-2,6-7,11H2,(H,21,24). The zero-order valence-corrected chi connectivity index (χ0v) is 13.0. The van der Waals surface area contributed by atoms with Crippen LogP contribution in [0.2, 0.25) is 0 Å². The number of nitrogens with one attached hydrogen (secondary N) is 1. The van der Waals surface area contributed by atoms with Crippen LogP contribution in [0.15, 0.2) is 36.5 Å². The van der Waals surface area contributed by atoms with Crippen LogP contribution in [0.5, 0.6) is 0 Å². The summed E-state index contributed by atoms with van der Waals surface area (Å²) in [5.74, 6) is -0.385. The zero-order chi connectivity index (χ0) is 17.2. The van der Waals surface area contributed by atoms with Crippen LogP contribution < -0.4 is 5.32 Å². The maximum Gasteiger partial charge on any atom is 0.416 e. The van der Waals surface area contributed by atoms with Crippen molar-refractivity contribution in [3.8, 4) is 0 Å². The Morgan fingerprint density at radius 1 is 1.25 bits per heavy atom. The second kappa shape index (κ2) is 6.67. The van der Waals surface area contributed by atoms with Gasteiger partial charge in [0, 0.05) is 12.7 Å². The minimum absolute atomic E-state index is 0.0268. The zero-order valence-electron chi connectivity index (χ0n) is 13.0. The number of aromatic nitrogens is 2. The Bertz CT molecular complexity index is 718. The van der Waals surface area contributed by atoms with Crippen molar-refractivity contribution in [2.75, 3.05) is 0 Å². The molecule has 1 aliphatic carbocycles. The number of alkyl halides is 3. The fourth-order valence-electron chi connectivity index (χ4n) is 2.96. The number of carbonyl (C=O) groups is 1. The van der Waals surface area contributed by atoms with Crippen molar-refractivity contribution in [2.45, 2.75) is 44.4 Å². The van der Waals surface area contributed by atoms with Gasteiger partial charge >= 0.3 is 6.18 Å². The summed E-state index contributed by atoms with van der Waals surface area (Å²) in [5.41, 5.74) is -0.0398. The molecule has 1 aromatic carbocycles. The van der Waals surface area contributed by atoms with E-state index in [1.807, 2.05) is 4.68 Å². The third kappa shape index (κ3) is 3.77. The summed E-state index contributed by atoms with van der Waals surface area (Å²) < 4.78 is 39.9. The largest absolute Gasteiger partial charge is 0.416 e. The average Bonchev–Trinajstić information content (AvgIpc) is 3.22. The molecule has 4 nitrogen and oxygen atoms in total. The molecule has 128 valence electrons. The van der Waals surface area contributed by atoms with Gasteiger partial charge in [0.1, 0.15) is 5.69 Å². The Hall–Kier alpha value is -2.31. The molecular weight excluding hydrogens is 319 g/mol. The SMILES string of the molecule is O=C(NCc1cccc(C(F)(F)F)c1)c1ccn(C2CCCC2)n1. The number of amides is 1. The number of benzene rings is 1. The summed E-state index contributed by atoms with van der Waals surface area (Å²) in [6, 6.07) is 6.91. The Kier molecular flexibility index (Phi) is 4.59. The second-order valence-electron chi connectivity index (χ2n) is 6.00. The van der Waals surface area contributed by atoms with Gasteiger partial charge < -0.3 is 5.32 Å². The summed E-state index contributed by atoms with van der Waals surface area (Å²) in [4.78, 5) is 12.1. The summed E-state index contributed by atoms with van der Waals surface area (Å²) in [7, 11) is 0. The molecule has 0 aliphatic heterocycles. The van der Waals surface area contributed by atoms with Crippen molar-refractivity contribution in [1.29, 1.82) is 0 Å².